The summed E-state index contributed by atoms with van der Waals surface area (Å²) in [5.41, 5.74) is 1.36. The van der Waals surface area contributed by atoms with Crippen molar-refractivity contribution in [1.82, 2.24) is 9.88 Å². The standard InChI is InChI=1S/C15H19N3O4S/c1-9(2)18-23(20,21)13-7-5-12(6-8-13)16-15(19)14-10(3)17-22-11(14)4/h5-9,18H,1-4H3,(H,16,19). The number of carbonyl (C=O) groups excluding carboxylic acids is 1. The molecule has 7 nitrogen and oxygen atoms in total. The number of hydrogen-bond acceptors (Lipinski definition) is 5. The minimum Gasteiger partial charge on any atom is -0.361 e. The van der Waals surface area contributed by atoms with Gasteiger partial charge in [0.05, 0.1) is 10.6 Å². The number of hydrogen-bond donors (Lipinski definition) is 2. The van der Waals surface area contributed by atoms with Crippen LogP contribution in [0.2, 0.25) is 0 Å². The van der Waals surface area contributed by atoms with Crippen molar-refractivity contribution < 1.29 is 17.7 Å². The van der Waals surface area contributed by atoms with Crippen LogP contribution < -0.4 is 10.0 Å². The number of rotatable bonds is 5. The smallest absolute Gasteiger partial charge is 0.261 e. The Hall–Kier alpha value is -2.19. The van der Waals surface area contributed by atoms with Crippen molar-refractivity contribution in [3.8, 4) is 0 Å². The molecule has 1 amide bonds. The Bertz CT molecular complexity index is 788. The van der Waals surface area contributed by atoms with Crippen LogP contribution in [0.4, 0.5) is 5.69 Å². The number of sulfonamides is 1. The molecule has 0 saturated heterocycles. The van der Waals surface area contributed by atoms with Crippen LogP contribution in [0.5, 0.6) is 0 Å². The summed E-state index contributed by atoms with van der Waals surface area (Å²) in [6.45, 7) is 6.83. The maximum Gasteiger partial charge on any atom is 0.261 e. The Morgan fingerprint density at radius 2 is 1.78 bits per heavy atom. The minimum atomic E-state index is -3.55. The second-order valence-electron chi connectivity index (χ2n) is 5.45. The van der Waals surface area contributed by atoms with Crippen LogP contribution in [0.15, 0.2) is 33.7 Å². The SMILES string of the molecule is Cc1noc(C)c1C(=O)Nc1ccc(S(=O)(=O)NC(C)C)cc1. The molecule has 0 unspecified atom stereocenters. The predicted octanol–water partition coefficient (Wildman–Crippen LogP) is 2.23. The van der Waals surface area contributed by atoms with Crippen LogP contribution in [0.1, 0.15) is 35.7 Å². The lowest BCUT2D eigenvalue weighted by molar-refractivity contribution is 0.102. The monoisotopic (exact) mass is 337 g/mol. The second kappa shape index (κ2) is 6.51. The first kappa shape index (κ1) is 17.2. The number of aryl methyl sites for hydroxylation is 2. The molecule has 1 aromatic heterocycles. The average Bonchev–Trinajstić information content (AvgIpc) is 2.77. The maximum atomic E-state index is 12.2. The quantitative estimate of drug-likeness (QED) is 0.871. The second-order valence-corrected chi connectivity index (χ2v) is 7.17. The molecule has 0 aliphatic heterocycles. The molecular formula is C15H19N3O4S. The molecule has 2 aromatic rings. The van der Waals surface area contributed by atoms with Crippen molar-refractivity contribution in [2.24, 2.45) is 0 Å². The van der Waals surface area contributed by atoms with E-state index >= 15 is 0 Å². The third-order valence-electron chi connectivity index (χ3n) is 3.07. The van der Waals surface area contributed by atoms with Crippen molar-refractivity contribution in [3.63, 3.8) is 0 Å². The molecule has 0 aliphatic rings. The first-order valence-electron chi connectivity index (χ1n) is 7.07. The first-order chi connectivity index (χ1) is 10.7. The number of anilines is 1. The highest BCUT2D eigenvalue weighted by atomic mass is 32.2. The predicted molar refractivity (Wildman–Crippen MR) is 85.8 cm³/mol. The molecule has 0 saturated carbocycles. The Balaban J connectivity index is 2.16. The van der Waals surface area contributed by atoms with E-state index in [4.69, 9.17) is 4.52 Å². The molecule has 0 spiro atoms. The molecule has 2 rings (SSSR count). The van der Waals surface area contributed by atoms with E-state index in [0.29, 0.717) is 22.7 Å². The van der Waals surface area contributed by atoms with E-state index in [1.54, 1.807) is 27.7 Å². The normalized spacial score (nSPS) is 11.7. The zero-order valence-electron chi connectivity index (χ0n) is 13.4. The van der Waals surface area contributed by atoms with Gasteiger partial charge in [-0.15, -0.1) is 0 Å². The summed E-state index contributed by atoms with van der Waals surface area (Å²) in [6, 6.07) is 5.75. The van der Waals surface area contributed by atoms with Crippen molar-refractivity contribution in [1.29, 1.82) is 0 Å². The Kier molecular flexibility index (Phi) is 4.86. The summed E-state index contributed by atoms with van der Waals surface area (Å²) in [7, 11) is -3.55. The molecule has 124 valence electrons. The molecule has 0 aliphatic carbocycles. The van der Waals surface area contributed by atoms with Gasteiger partial charge in [-0.05, 0) is 52.0 Å². The van der Waals surface area contributed by atoms with Gasteiger partial charge in [0, 0.05) is 11.7 Å². The fraction of sp³-hybridized carbons (Fsp3) is 0.333. The van der Waals surface area contributed by atoms with E-state index in [1.807, 2.05) is 0 Å². The summed E-state index contributed by atoms with van der Waals surface area (Å²) < 4.78 is 31.5. The molecule has 1 heterocycles. The number of nitrogens with one attached hydrogen (secondary N) is 2. The minimum absolute atomic E-state index is 0.140. The van der Waals surface area contributed by atoms with Gasteiger partial charge in [0.15, 0.2) is 0 Å². The number of nitrogens with zero attached hydrogens (tertiary/aromatic N) is 1. The molecule has 1 aromatic carbocycles. The van der Waals surface area contributed by atoms with E-state index in [0.717, 1.165) is 0 Å². The molecule has 0 atom stereocenters. The average molecular weight is 337 g/mol. The van der Waals surface area contributed by atoms with E-state index in [9.17, 15) is 13.2 Å². The lowest BCUT2D eigenvalue weighted by atomic mass is 10.2. The highest BCUT2D eigenvalue weighted by Gasteiger charge is 2.18. The third-order valence-corrected chi connectivity index (χ3v) is 4.75. The highest BCUT2D eigenvalue weighted by molar-refractivity contribution is 7.89. The third kappa shape index (κ3) is 3.96. The number of aromatic nitrogens is 1. The van der Waals surface area contributed by atoms with E-state index < -0.39 is 10.0 Å². The molecule has 8 heteroatoms. The fourth-order valence-corrected chi connectivity index (χ4v) is 3.35. The van der Waals surface area contributed by atoms with Crippen LogP contribution in [0, 0.1) is 13.8 Å². The Morgan fingerprint density at radius 3 is 2.26 bits per heavy atom. The highest BCUT2D eigenvalue weighted by Crippen LogP contribution is 2.18. The zero-order chi connectivity index (χ0) is 17.2. The number of benzene rings is 1. The van der Waals surface area contributed by atoms with Gasteiger partial charge in [-0.3, -0.25) is 4.79 Å². The molecule has 0 radical (unpaired) electrons. The maximum absolute atomic E-state index is 12.2. The van der Waals surface area contributed by atoms with Crippen molar-refractivity contribution in [3.05, 3.63) is 41.3 Å². The van der Waals surface area contributed by atoms with Gasteiger partial charge in [0.2, 0.25) is 10.0 Å². The summed E-state index contributed by atoms with van der Waals surface area (Å²) in [5, 5.41) is 6.42. The van der Waals surface area contributed by atoms with Gasteiger partial charge in [0.25, 0.3) is 5.91 Å². The lowest BCUT2D eigenvalue weighted by Crippen LogP contribution is -2.30. The van der Waals surface area contributed by atoms with Gasteiger partial charge in [-0.1, -0.05) is 5.16 Å². The molecule has 2 N–H and O–H groups in total. The number of amides is 1. The van der Waals surface area contributed by atoms with Gasteiger partial charge in [-0.25, -0.2) is 13.1 Å². The van der Waals surface area contributed by atoms with E-state index in [2.05, 4.69) is 15.2 Å². The molecule has 0 bridgehead atoms. The molecule has 23 heavy (non-hydrogen) atoms. The summed E-state index contributed by atoms with van der Waals surface area (Å²) in [4.78, 5) is 12.3. The van der Waals surface area contributed by atoms with E-state index in [1.165, 1.54) is 24.3 Å². The largest absolute Gasteiger partial charge is 0.361 e. The van der Waals surface area contributed by atoms with Crippen LogP contribution >= 0.6 is 0 Å². The van der Waals surface area contributed by atoms with Crippen molar-refractivity contribution in [2.45, 2.75) is 38.6 Å². The van der Waals surface area contributed by atoms with Gasteiger partial charge >= 0.3 is 0 Å². The first-order valence-corrected chi connectivity index (χ1v) is 8.55. The van der Waals surface area contributed by atoms with Crippen LogP contribution in [0.3, 0.4) is 0 Å². The fourth-order valence-electron chi connectivity index (χ4n) is 2.10. The zero-order valence-corrected chi connectivity index (χ0v) is 14.2. The summed E-state index contributed by atoms with van der Waals surface area (Å²) in [6.07, 6.45) is 0. The number of carbonyl (C=O) groups is 1. The Labute approximate surface area is 135 Å². The van der Waals surface area contributed by atoms with Gasteiger partial charge in [0.1, 0.15) is 11.3 Å². The van der Waals surface area contributed by atoms with Crippen molar-refractivity contribution >= 4 is 21.6 Å². The van der Waals surface area contributed by atoms with Gasteiger partial charge < -0.3 is 9.84 Å². The van der Waals surface area contributed by atoms with Gasteiger partial charge in [-0.2, -0.15) is 0 Å². The summed E-state index contributed by atoms with van der Waals surface area (Å²) >= 11 is 0. The van der Waals surface area contributed by atoms with Crippen LogP contribution in [-0.2, 0) is 10.0 Å². The molecule has 0 fully saturated rings. The van der Waals surface area contributed by atoms with E-state index in [-0.39, 0.29) is 16.8 Å². The Morgan fingerprint density at radius 1 is 1.17 bits per heavy atom. The van der Waals surface area contributed by atoms with Crippen molar-refractivity contribution in [2.75, 3.05) is 5.32 Å². The molecular weight excluding hydrogens is 318 g/mol. The topological polar surface area (TPSA) is 101 Å². The lowest BCUT2D eigenvalue weighted by Gasteiger charge is -2.10. The van der Waals surface area contributed by atoms with Crippen LogP contribution in [-0.4, -0.2) is 25.5 Å². The summed E-state index contributed by atoms with van der Waals surface area (Å²) in [5.74, 6) is 0.0810. The van der Waals surface area contributed by atoms with Crippen LogP contribution in [0.25, 0.3) is 0 Å².